The summed E-state index contributed by atoms with van der Waals surface area (Å²) >= 11 is 0. The Balaban J connectivity index is 1.63. The average Bonchev–Trinajstić information content (AvgIpc) is 3.21. The molecule has 2 fully saturated rings. The van der Waals surface area contributed by atoms with Crippen molar-refractivity contribution >= 4 is 22.7 Å². The van der Waals surface area contributed by atoms with Crippen LogP contribution in [0.15, 0.2) is 24.3 Å². The SMILES string of the molecule is COC1(CNc2nc3ccccc3nc2N2CCCC2)CCOCC1. The Morgan fingerprint density at radius 1 is 1.12 bits per heavy atom. The van der Waals surface area contributed by atoms with Crippen molar-refractivity contribution in [2.45, 2.75) is 31.3 Å². The highest BCUT2D eigenvalue weighted by Gasteiger charge is 2.33. The van der Waals surface area contributed by atoms with Crippen LogP contribution in [-0.4, -0.2) is 55.5 Å². The van der Waals surface area contributed by atoms with Crippen LogP contribution in [0.4, 0.5) is 11.6 Å². The molecule has 1 aromatic carbocycles. The number of nitrogens with one attached hydrogen (secondary N) is 1. The van der Waals surface area contributed by atoms with Crippen molar-refractivity contribution in [2.24, 2.45) is 0 Å². The van der Waals surface area contributed by atoms with Gasteiger partial charge in [-0.15, -0.1) is 0 Å². The van der Waals surface area contributed by atoms with Crippen molar-refractivity contribution < 1.29 is 9.47 Å². The van der Waals surface area contributed by atoms with Gasteiger partial charge in [-0.25, -0.2) is 9.97 Å². The van der Waals surface area contributed by atoms with Gasteiger partial charge in [0, 0.05) is 52.8 Å². The molecule has 0 atom stereocenters. The lowest BCUT2D eigenvalue weighted by molar-refractivity contribution is -0.0807. The van der Waals surface area contributed by atoms with Gasteiger partial charge < -0.3 is 19.7 Å². The molecule has 0 amide bonds. The van der Waals surface area contributed by atoms with Crippen molar-refractivity contribution in [1.29, 1.82) is 0 Å². The third kappa shape index (κ3) is 3.41. The number of methoxy groups -OCH3 is 1. The highest BCUT2D eigenvalue weighted by atomic mass is 16.5. The van der Waals surface area contributed by atoms with Crippen LogP contribution < -0.4 is 10.2 Å². The quantitative estimate of drug-likeness (QED) is 0.902. The number of anilines is 2. The summed E-state index contributed by atoms with van der Waals surface area (Å²) in [5.41, 5.74) is 1.68. The van der Waals surface area contributed by atoms with Crippen LogP contribution in [-0.2, 0) is 9.47 Å². The Morgan fingerprint density at radius 2 is 1.80 bits per heavy atom. The van der Waals surface area contributed by atoms with Crippen molar-refractivity contribution in [3.05, 3.63) is 24.3 Å². The fourth-order valence-corrected chi connectivity index (χ4v) is 3.70. The summed E-state index contributed by atoms with van der Waals surface area (Å²) in [7, 11) is 1.79. The van der Waals surface area contributed by atoms with E-state index in [0.717, 1.165) is 68.4 Å². The van der Waals surface area contributed by atoms with Gasteiger partial charge in [0.05, 0.1) is 16.6 Å². The van der Waals surface area contributed by atoms with E-state index >= 15 is 0 Å². The van der Waals surface area contributed by atoms with Crippen LogP contribution in [0.25, 0.3) is 11.0 Å². The molecule has 0 radical (unpaired) electrons. The molecule has 134 valence electrons. The van der Waals surface area contributed by atoms with Crippen LogP contribution in [0.5, 0.6) is 0 Å². The van der Waals surface area contributed by atoms with E-state index in [9.17, 15) is 0 Å². The summed E-state index contributed by atoms with van der Waals surface area (Å²) in [6.07, 6.45) is 4.23. The molecule has 1 N–H and O–H groups in total. The number of nitrogens with zero attached hydrogens (tertiary/aromatic N) is 3. The zero-order valence-corrected chi connectivity index (χ0v) is 14.8. The average molecular weight is 342 g/mol. The second kappa shape index (κ2) is 7.14. The maximum atomic E-state index is 5.85. The van der Waals surface area contributed by atoms with Crippen LogP contribution in [0.3, 0.4) is 0 Å². The Morgan fingerprint density at radius 3 is 2.48 bits per heavy atom. The van der Waals surface area contributed by atoms with E-state index in [4.69, 9.17) is 19.4 Å². The third-order valence-electron chi connectivity index (χ3n) is 5.37. The topological polar surface area (TPSA) is 59.5 Å². The molecule has 3 heterocycles. The molecule has 0 spiro atoms. The molecule has 25 heavy (non-hydrogen) atoms. The van der Waals surface area contributed by atoms with E-state index in [2.05, 4.69) is 10.2 Å². The monoisotopic (exact) mass is 342 g/mol. The number of hydrogen-bond acceptors (Lipinski definition) is 6. The van der Waals surface area contributed by atoms with Crippen LogP contribution >= 0.6 is 0 Å². The number of para-hydroxylation sites is 2. The van der Waals surface area contributed by atoms with E-state index in [1.165, 1.54) is 12.8 Å². The lowest BCUT2D eigenvalue weighted by Gasteiger charge is -2.36. The van der Waals surface area contributed by atoms with Gasteiger partial charge in [0.1, 0.15) is 0 Å². The molecule has 0 unspecified atom stereocenters. The van der Waals surface area contributed by atoms with Gasteiger partial charge in [-0.05, 0) is 25.0 Å². The highest BCUT2D eigenvalue weighted by molar-refractivity contribution is 5.80. The molecular formula is C19H26N4O2. The maximum absolute atomic E-state index is 5.85. The Bertz CT molecular complexity index is 724. The molecule has 2 aliphatic heterocycles. The minimum Gasteiger partial charge on any atom is -0.381 e. The first-order valence-corrected chi connectivity index (χ1v) is 9.18. The molecule has 2 saturated heterocycles. The molecule has 6 nitrogen and oxygen atoms in total. The standard InChI is InChI=1S/C19H26N4O2/c1-24-19(8-12-25-13-9-19)14-20-17-18(23-10-4-5-11-23)22-16-7-3-2-6-15(16)21-17/h2-3,6-7H,4-5,8-14H2,1H3,(H,20,21). The summed E-state index contributed by atoms with van der Waals surface area (Å²) < 4.78 is 11.3. The minimum absolute atomic E-state index is 0.187. The highest BCUT2D eigenvalue weighted by Crippen LogP contribution is 2.30. The van der Waals surface area contributed by atoms with Crippen LogP contribution in [0.1, 0.15) is 25.7 Å². The second-order valence-electron chi connectivity index (χ2n) is 6.93. The van der Waals surface area contributed by atoms with E-state index in [1.54, 1.807) is 7.11 Å². The number of benzene rings is 1. The Kier molecular flexibility index (Phi) is 4.72. The van der Waals surface area contributed by atoms with Gasteiger partial charge in [0.2, 0.25) is 0 Å². The van der Waals surface area contributed by atoms with Gasteiger partial charge in [0.15, 0.2) is 11.6 Å². The van der Waals surface area contributed by atoms with E-state index in [-0.39, 0.29) is 5.60 Å². The molecule has 4 rings (SSSR count). The van der Waals surface area contributed by atoms with Crippen LogP contribution in [0, 0.1) is 0 Å². The first-order valence-electron chi connectivity index (χ1n) is 9.18. The predicted molar refractivity (Wildman–Crippen MR) is 99.3 cm³/mol. The smallest absolute Gasteiger partial charge is 0.172 e. The molecule has 2 aromatic rings. The Labute approximate surface area is 148 Å². The van der Waals surface area contributed by atoms with Crippen molar-refractivity contribution in [3.8, 4) is 0 Å². The molecule has 1 aromatic heterocycles. The van der Waals surface area contributed by atoms with Gasteiger partial charge in [-0.1, -0.05) is 12.1 Å². The third-order valence-corrected chi connectivity index (χ3v) is 5.37. The second-order valence-corrected chi connectivity index (χ2v) is 6.93. The number of fused-ring (bicyclic) bond motifs is 1. The lowest BCUT2D eigenvalue weighted by Crippen LogP contribution is -2.44. The van der Waals surface area contributed by atoms with Gasteiger partial charge >= 0.3 is 0 Å². The summed E-state index contributed by atoms with van der Waals surface area (Å²) in [6.45, 7) is 4.31. The fraction of sp³-hybridized carbons (Fsp3) is 0.579. The van der Waals surface area contributed by atoms with Crippen molar-refractivity contribution in [2.75, 3.05) is 50.2 Å². The molecular weight excluding hydrogens is 316 g/mol. The van der Waals surface area contributed by atoms with Crippen LogP contribution in [0.2, 0.25) is 0 Å². The van der Waals surface area contributed by atoms with Crippen molar-refractivity contribution in [1.82, 2.24) is 9.97 Å². The largest absolute Gasteiger partial charge is 0.381 e. The molecule has 0 aliphatic carbocycles. The number of hydrogen-bond donors (Lipinski definition) is 1. The summed E-state index contributed by atoms with van der Waals surface area (Å²) in [4.78, 5) is 12.1. The summed E-state index contributed by atoms with van der Waals surface area (Å²) in [5.74, 6) is 1.83. The zero-order chi connectivity index (χ0) is 17.1. The van der Waals surface area contributed by atoms with Gasteiger partial charge in [-0.3, -0.25) is 0 Å². The van der Waals surface area contributed by atoms with Crippen molar-refractivity contribution in [3.63, 3.8) is 0 Å². The summed E-state index contributed by atoms with van der Waals surface area (Å²) in [6, 6.07) is 8.06. The first kappa shape index (κ1) is 16.5. The predicted octanol–water partition coefficient (Wildman–Crippen LogP) is 2.84. The first-order chi connectivity index (χ1) is 12.3. The minimum atomic E-state index is -0.187. The van der Waals surface area contributed by atoms with E-state index in [0.29, 0.717) is 0 Å². The maximum Gasteiger partial charge on any atom is 0.172 e. The van der Waals surface area contributed by atoms with E-state index in [1.807, 2.05) is 24.3 Å². The Hall–Kier alpha value is -1.92. The number of ether oxygens (including phenoxy) is 2. The van der Waals surface area contributed by atoms with Gasteiger partial charge in [0.25, 0.3) is 0 Å². The molecule has 0 saturated carbocycles. The molecule has 6 heteroatoms. The zero-order valence-electron chi connectivity index (χ0n) is 14.8. The normalized spacial score (nSPS) is 20.1. The lowest BCUT2D eigenvalue weighted by atomic mass is 9.94. The summed E-state index contributed by atoms with van der Waals surface area (Å²) in [5, 5.41) is 3.55. The van der Waals surface area contributed by atoms with E-state index < -0.39 is 0 Å². The molecule has 0 bridgehead atoms. The van der Waals surface area contributed by atoms with Gasteiger partial charge in [-0.2, -0.15) is 0 Å². The number of rotatable bonds is 5. The molecule has 2 aliphatic rings. The number of aromatic nitrogens is 2. The fourth-order valence-electron chi connectivity index (χ4n) is 3.70.